The topological polar surface area (TPSA) is 80.4 Å². The number of nitro groups is 1. The van der Waals surface area contributed by atoms with Gasteiger partial charge in [-0.05, 0) is 6.07 Å². The second kappa shape index (κ2) is 4.27. The lowest BCUT2D eigenvalue weighted by Crippen LogP contribution is -1.99. The Bertz CT molecular complexity index is 430. The highest BCUT2D eigenvalue weighted by Gasteiger charge is 2.21. The molecule has 0 heterocycles. The monoisotopic (exact) mass is 229 g/mol. The van der Waals surface area contributed by atoms with Crippen LogP contribution in [0.25, 0.3) is 0 Å². The lowest BCUT2D eigenvalue weighted by molar-refractivity contribution is -0.385. The summed E-state index contributed by atoms with van der Waals surface area (Å²) in [5.41, 5.74) is -0.670. The van der Waals surface area contributed by atoms with Crippen LogP contribution in [0.1, 0.15) is 23.7 Å². The van der Waals surface area contributed by atoms with Gasteiger partial charge >= 0.3 is 5.69 Å². The van der Waals surface area contributed by atoms with Crippen molar-refractivity contribution in [1.29, 1.82) is 0 Å². The number of aromatic hydroxyl groups is 1. The van der Waals surface area contributed by atoms with E-state index >= 15 is 0 Å². The van der Waals surface area contributed by atoms with Crippen LogP contribution in [0.3, 0.4) is 0 Å². The largest absolute Gasteiger partial charge is 0.502 e. The van der Waals surface area contributed by atoms with E-state index < -0.39 is 22.1 Å². The molecule has 0 fully saturated rings. The summed E-state index contributed by atoms with van der Waals surface area (Å²) in [7, 11) is 0. The predicted octanol–water partition coefficient (Wildman–Crippen LogP) is 2.55. The van der Waals surface area contributed by atoms with Crippen LogP contribution >= 0.6 is 11.6 Å². The van der Waals surface area contributed by atoms with Crippen molar-refractivity contribution in [1.82, 2.24) is 0 Å². The van der Waals surface area contributed by atoms with Gasteiger partial charge in [0, 0.05) is 17.5 Å². The molecule has 0 unspecified atom stereocenters. The van der Waals surface area contributed by atoms with Crippen molar-refractivity contribution in [3.05, 3.63) is 32.8 Å². The Morgan fingerprint density at radius 1 is 1.60 bits per heavy atom. The number of phenols is 1. The molecule has 0 aliphatic carbocycles. The van der Waals surface area contributed by atoms with Crippen LogP contribution < -0.4 is 0 Å². The number of ketones is 1. The van der Waals surface area contributed by atoms with Crippen LogP contribution in [-0.2, 0) is 0 Å². The molecule has 0 saturated heterocycles. The highest BCUT2D eigenvalue weighted by molar-refractivity contribution is 6.31. The van der Waals surface area contributed by atoms with E-state index in [4.69, 9.17) is 11.6 Å². The van der Waals surface area contributed by atoms with Gasteiger partial charge in [-0.1, -0.05) is 18.5 Å². The van der Waals surface area contributed by atoms with Gasteiger partial charge in [-0.2, -0.15) is 0 Å². The van der Waals surface area contributed by atoms with E-state index in [-0.39, 0.29) is 17.0 Å². The number of Topliss-reactive ketones (excluding diaryl/α,β-unsaturated/α-hetero) is 1. The number of hydrogen-bond donors (Lipinski definition) is 1. The minimum absolute atomic E-state index is 0.0521. The van der Waals surface area contributed by atoms with Gasteiger partial charge < -0.3 is 5.11 Å². The van der Waals surface area contributed by atoms with Crippen molar-refractivity contribution in [2.45, 2.75) is 13.3 Å². The summed E-state index contributed by atoms with van der Waals surface area (Å²) in [4.78, 5) is 21.0. The number of nitrogens with zero attached hydrogens (tertiary/aromatic N) is 1. The maximum atomic E-state index is 11.3. The Balaban J connectivity index is 3.41. The summed E-state index contributed by atoms with van der Waals surface area (Å²) in [5, 5.41) is 20.0. The molecule has 0 amide bonds. The molecule has 1 aromatic rings. The first kappa shape index (κ1) is 11.5. The highest BCUT2D eigenvalue weighted by atomic mass is 35.5. The van der Waals surface area contributed by atoms with Crippen molar-refractivity contribution in [2.75, 3.05) is 0 Å². The standard InChI is InChI=1S/C9H8ClNO4/c1-2-8(12)6-3-5(10)4-7(9(6)13)11(14)15/h3-4,13H,2H2,1H3. The fraction of sp³-hybridized carbons (Fsp3) is 0.222. The van der Waals surface area contributed by atoms with Crippen LogP contribution in [0.4, 0.5) is 5.69 Å². The van der Waals surface area contributed by atoms with Crippen molar-refractivity contribution < 1.29 is 14.8 Å². The zero-order valence-corrected chi connectivity index (χ0v) is 8.61. The fourth-order valence-corrected chi connectivity index (χ4v) is 1.34. The third kappa shape index (κ3) is 2.24. The van der Waals surface area contributed by atoms with Gasteiger partial charge in [-0.3, -0.25) is 14.9 Å². The number of rotatable bonds is 3. The quantitative estimate of drug-likeness (QED) is 0.491. The van der Waals surface area contributed by atoms with Crippen LogP contribution in [0.15, 0.2) is 12.1 Å². The average Bonchev–Trinajstić information content (AvgIpc) is 2.19. The number of carbonyl (C=O) groups is 1. The molecule has 0 spiro atoms. The maximum absolute atomic E-state index is 11.3. The Hall–Kier alpha value is -1.62. The second-order valence-electron chi connectivity index (χ2n) is 2.85. The Morgan fingerprint density at radius 3 is 2.67 bits per heavy atom. The average molecular weight is 230 g/mol. The van der Waals surface area contributed by atoms with Gasteiger partial charge in [0.2, 0.25) is 5.75 Å². The van der Waals surface area contributed by atoms with Gasteiger partial charge in [0.05, 0.1) is 10.5 Å². The molecule has 0 radical (unpaired) electrons. The summed E-state index contributed by atoms with van der Waals surface area (Å²) >= 11 is 5.60. The molecule has 0 saturated carbocycles. The molecule has 15 heavy (non-hydrogen) atoms. The lowest BCUT2D eigenvalue weighted by Gasteiger charge is -2.03. The lowest BCUT2D eigenvalue weighted by atomic mass is 10.1. The van der Waals surface area contributed by atoms with E-state index in [9.17, 15) is 20.0 Å². The van der Waals surface area contributed by atoms with E-state index in [0.29, 0.717) is 0 Å². The molecular weight excluding hydrogens is 222 g/mol. The second-order valence-corrected chi connectivity index (χ2v) is 3.29. The SMILES string of the molecule is CCC(=O)c1cc(Cl)cc([N+](=O)[O-])c1O. The van der Waals surface area contributed by atoms with E-state index in [1.807, 2.05) is 0 Å². The van der Waals surface area contributed by atoms with E-state index in [0.717, 1.165) is 6.07 Å². The number of halogens is 1. The van der Waals surface area contributed by atoms with Crippen molar-refractivity contribution in [3.8, 4) is 5.75 Å². The number of nitro benzene ring substituents is 1. The molecule has 0 bridgehead atoms. The number of benzene rings is 1. The summed E-state index contributed by atoms with van der Waals surface area (Å²) in [6, 6.07) is 2.22. The zero-order chi connectivity index (χ0) is 11.6. The smallest absolute Gasteiger partial charge is 0.312 e. The van der Waals surface area contributed by atoms with E-state index in [2.05, 4.69) is 0 Å². The normalized spacial score (nSPS) is 10.0. The van der Waals surface area contributed by atoms with E-state index in [1.165, 1.54) is 6.07 Å². The third-order valence-electron chi connectivity index (χ3n) is 1.87. The molecule has 0 atom stereocenters. The highest BCUT2D eigenvalue weighted by Crippen LogP contribution is 2.33. The summed E-state index contributed by atoms with van der Waals surface area (Å²) in [6.07, 6.45) is 0.144. The van der Waals surface area contributed by atoms with Crippen molar-refractivity contribution >= 4 is 23.1 Å². The molecule has 6 heteroatoms. The molecule has 0 aliphatic heterocycles. The van der Waals surface area contributed by atoms with Gasteiger partial charge in [0.1, 0.15) is 0 Å². The first-order valence-electron chi connectivity index (χ1n) is 4.17. The molecule has 1 aromatic carbocycles. The summed E-state index contributed by atoms with van der Waals surface area (Å²) in [6.45, 7) is 1.59. The van der Waals surface area contributed by atoms with Gasteiger partial charge in [0.25, 0.3) is 0 Å². The molecule has 80 valence electrons. The molecule has 1 N–H and O–H groups in total. The molecule has 5 nitrogen and oxygen atoms in total. The van der Waals surface area contributed by atoms with Gasteiger partial charge in [-0.25, -0.2) is 0 Å². The first-order chi connectivity index (χ1) is 6.97. The zero-order valence-electron chi connectivity index (χ0n) is 7.86. The minimum atomic E-state index is -0.784. The fourth-order valence-electron chi connectivity index (χ4n) is 1.13. The molecule has 1 rings (SSSR count). The minimum Gasteiger partial charge on any atom is -0.502 e. The Labute approximate surface area is 90.4 Å². The summed E-state index contributed by atoms with van der Waals surface area (Å²) < 4.78 is 0. The van der Waals surface area contributed by atoms with Gasteiger partial charge in [-0.15, -0.1) is 0 Å². The Morgan fingerprint density at radius 2 is 2.20 bits per heavy atom. The van der Waals surface area contributed by atoms with E-state index in [1.54, 1.807) is 6.92 Å². The number of hydrogen-bond acceptors (Lipinski definition) is 4. The Kier molecular flexibility index (Phi) is 3.26. The predicted molar refractivity (Wildman–Crippen MR) is 54.4 cm³/mol. The molecule has 0 aliphatic rings. The molecule has 0 aromatic heterocycles. The third-order valence-corrected chi connectivity index (χ3v) is 2.09. The van der Waals surface area contributed by atoms with Crippen molar-refractivity contribution in [3.63, 3.8) is 0 Å². The maximum Gasteiger partial charge on any atom is 0.312 e. The number of carbonyl (C=O) groups excluding carboxylic acids is 1. The van der Waals surface area contributed by atoms with Crippen molar-refractivity contribution in [2.24, 2.45) is 0 Å². The van der Waals surface area contributed by atoms with Crippen LogP contribution in [0.5, 0.6) is 5.75 Å². The molecular formula is C9H8ClNO4. The number of phenolic OH excluding ortho intramolecular Hbond substituents is 1. The van der Waals surface area contributed by atoms with Crippen LogP contribution in [0.2, 0.25) is 5.02 Å². The van der Waals surface area contributed by atoms with Crippen LogP contribution in [-0.4, -0.2) is 15.8 Å². The first-order valence-corrected chi connectivity index (χ1v) is 4.55. The summed E-state index contributed by atoms with van der Waals surface area (Å²) in [5.74, 6) is -1.02. The van der Waals surface area contributed by atoms with Crippen LogP contribution in [0, 0.1) is 10.1 Å². The van der Waals surface area contributed by atoms with Gasteiger partial charge in [0.15, 0.2) is 5.78 Å².